The van der Waals surface area contributed by atoms with Crippen molar-refractivity contribution in [2.45, 2.75) is 45.2 Å². The molecule has 1 heterocycles. The summed E-state index contributed by atoms with van der Waals surface area (Å²) in [6, 6.07) is 0.584. The summed E-state index contributed by atoms with van der Waals surface area (Å²) in [6.07, 6.45) is 3.68. The number of hydrogen-bond donors (Lipinski definition) is 3. The fourth-order valence-corrected chi connectivity index (χ4v) is 1.82. The summed E-state index contributed by atoms with van der Waals surface area (Å²) in [6.45, 7) is 5.73. The zero-order valence-corrected chi connectivity index (χ0v) is 9.10. The Morgan fingerprint density at radius 1 is 1.57 bits per heavy atom. The molecule has 1 aliphatic rings. The van der Waals surface area contributed by atoms with Gasteiger partial charge in [-0.2, -0.15) is 0 Å². The maximum absolute atomic E-state index is 11.2. The van der Waals surface area contributed by atoms with Crippen molar-refractivity contribution in [3.8, 4) is 0 Å². The molecule has 4 heteroatoms. The lowest BCUT2D eigenvalue weighted by Crippen LogP contribution is -2.52. The van der Waals surface area contributed by atoms with Crippen LogP contribution in [-0.2, 0) is 0 Å². The van der Waals surface area contributed by atoms with E-state index in [1.165, 1.54) is 12.8 Å². The summed E-state index contributed by atoms with van der Waals surface area (Å²) in [7, 11) is 0. The lowest BCUT2D eigenvalue weighted by molar-refractivity contribution is 0.232. The van der Waals surface area contributed by atoms with Crippen molar-refractivity contribution in [2.24, 2.45) is 0 Å². The number of piperidine rings is 1. The summed E-state index contributed by atoms with van der Waals surface area (Å²) < 4.78 is 0. The van der Waals surface area contributed by atoms with Gasteiger partial charge in [-0.25, -0.2) is 4.79 Å². The Hall–Kier alpha value is -0.770. The van der Waals surface area contributed by atoms with Crippen LogP contribution in [0, 0.1) is 0 Å². The van der Waals surface area contributed by atoms with Gasteiger partial charge in [-0.05, 0) is 33.2 Å². The van der Waals surface area contributed by atoms with E-state index in [0.29, 0.717) is 12.6 Å². The molecule has 1 saturated heterocycles. The Kier molecular flexibility index (Phi) is 4.73. The highest BCUT2D eigenvalue weighted by atomic mass is 16.2. The molecule has 1 rings (SSSR count). The van der Waals surface area contributed by atoms with Crippen LogP contribution in [0.25, 0.3) is 0 Å². The number of rotatable bonds is 3. The van der Waals surface area contributed by atoms with Crippen molar-refractivity contribution >= 4 is 6.03 Å². The molecule has 3 N–H and O–H groups in total. The minimum atomic E-state index is -0.0626. The standard InChI is InChI=1S/C10H21N3O/c1-3-11-10(14)13-8(2)9-6-4-5-7-12-9/h8-9,12H,3-7H2,1-2H3,(H2,11,13,14). The first kappa shape index (κ1) is 11.3. The first-order valence-electron chi connectivity index (χ1n) is 5.51. The second kappa shape index (κ2) is 5.86. The number of nitrogens with one attached hydrogen (secondary N) is 3. The second-order valence-electron chi connectivity index (χ2n) is 3.85. The summed E-state index contributed by atoms with van der Waals surface area (Å²) >= 11 is 0. The molecule has 0 radical (unpaired) electrons. The van der Waals surface area contributed by atoms with Crippen molar-refractivity contribution in [1.29, 1.82) is 0 Å². The molecule has 0 spiro atoms. The molecule has 0 aliphatic carbocycles. The second-order valence-corrected chi connectivity index (χ2v) is 3.85. The molecular weight excluding hydrogens is 178 g/mol. The van der Waals surface area contributed by atoms with Gasteiger partial charge >= 0.3 is 6.03 Å². The topological polar surface area (TPSA) is 53.2 Å². The zero-order valence-electron chi connectivity index (χ0n) is 9.10. The lowest BCUT2D eigenvalue weighted by Gasteiger charge is -2.29. The summed E-state index contributed by atoms with van der Waals surface area (Å²) in [5, 5.41) is 9.10. The van der Waals surface area contributed by atoms with E-state index in [4.69, 9.17) is 0 Å². The Bertz CT molecular complexity index is 178. The monoisotopic (exact) mass is 199 g/mol. The Morgan fingerprint density at radius 2 is 2.36 bits per heavy atom. The molecule has 2 unspecified atom stereocenters. The largest absolute Gasteiger partial charge is 0.338 e. The molecule has 0 bridgehead atoms. The van der Waals surface area contributed by atoms with Gasteiger partial charge in [0.2, 0.25) is 0 Å². The van der Waals surface area contributed by atoms with Crippen LogP contribution in [0.3, 0.4) is 0 Å². The normalized spacial score (nSPS) is 24.0. The van der Waals surface area contributed by atoms with E-state index >= 15 is 0 Å². The molecular formula is C10H21N3O. The summed E-state index contributed by atoms with van der Waals surface area (Å²) in [5.74, 6) is 0. The molecule has 82 valence electrons. The van der Waals surface area contributed by atoms with E-state index in [1.807, 2.05) is 6.92 Å². The van der Waals surface area contributed by atoms with Crippen molar-refractivity contribution < 1.29 is 4.79 Å². The average Bonchev–Trinajstić information content (AvgIpc) is 2.19. The predicted octanol–water partition coefficient (Wildman–Crippen LogP) is 0.836. The van der Waals surface area contributed by atoms with Gasteiger partial charge in [0.1, 0.15) is 0 Å². The third kappa shape index (κ3) is 3.54. The molecule has 14 heavy (non-hydrogen) atoms. The van der Waals surface area contributed by atoms with Crippen molar-refractivity contribution in [1.82, 2.24) is 16.0 Å². The van der Waals surface area contributed by atoms with E-state index in [2.05, 4.69) is 22.9 Å². The molecule has 1 aliphatic heterocycles. The minimum Gasteiger partial charge on any atom is -0.338 e. The van der Waals surface area contributed by atoms with Gasteiger partial charge in [0.25, 0.3) is 0 Å². The fraction of sp³-hybridized carbons (Fsp3) is 0.900. The first-order valence-corrected chi connectivity index (χ1v) is 5.51. The van der Waals surface area contributed by atoms with Gasteiger partial charge in [0.05, 0.1) is 0 Å². The number of carbonyl (C=O) groups is 1. The van der Waals surface area contributed by atoms with Gasteiger partial charge in [-0.3, -0.25) is 0 Å². The van der Waals surface area contributed by atoms with Gasteiger partial charge < -0.3 is 16.0 Å². The number of carbonyl (C=O) groups excluding carboxylic acids is 1. The van der Waals surface area contributed by atoms with Crippen molar-refractivity contribution in [3.05, 3.63) is 0 Å². The number of amides is 2. The summed E-state index contributed by atoms with van der Waals surface area (Å²) in [5.41, 5.74) is 0. The van der Waals surface area contributed by atoms with E-state index in [0.717, 1.165) is 13.0 Å². The van der Waals surface area contributed by atoms with Gasteiger partial charge in [-0.1, -0.05) is 6.42 Å². The smallest absolute Gasteiger partial charge is 0.315 e. The molecule has 0 aromatic carbocycles. The molecule has 4 nitrogen and oxygen atoms in total. The quantitative estimate of drug-likeness (QED) is 0.631. The Morgan fingerprint density at radius 3 is 2.93 bits per heavy atom. The van der Waals surface area contributed by atoms with E-state index in [9.17, 15) is 4.79 Å². The highest BCUT2D eigenvalue weighted by molar-refractivity contribution is 5.74. The fourth-order valence-electron chi connectivity index (χ4n) is 1.82. The third-order valence-electron chi connectivity index (χ3n) is 2.65. The highest BCUT2D eigenvalue weighted by Gasteiger charge is 2.20. The van der Waals surface area contributed by atoms with E-state index < -0.39 is 0 Å². The van der Waals surface area contributed by atoms with Crippen LogP contribution in [-0.4, -0.2) is 31.2 Å². The summed E-state index contributed by atoms with van der Waals surface area (Å²) in [4.78, 5) is 11.2. The van der Waals surface area contributed by atoms with Crippen LogP contribution < -0.4 is 16.0 Å². The van der Waals surface area contributed by atoms with Crippen LogP contribution in [0.5, 0.6) is 0 Å². The SMILES string of the molecule is CCNC(=O)NC(C)C1CCCCN1. The van der Waals surface area contributed by atoms with Crippen LogP contribution in [0.15, 0.2) is 0 Å². The highest BCUT2D eigenvalue weighted by Crippen LogP contribution is 2.09. The van der Waals surface area contributed by atoms with Crippen molar-refractivity contribution in [2.75, 3.05) is 13.1 Å². The molecule has 0 aromatic heterocycles. The number of urea groups is 1. The number of hydrogen-bond acceptors (Lipinski definition) is 2. The molecule has 2 amide bonds. The first-order chi connectivity index (χ1) is 6.74. The zero-order chi connectivity index (χ0) is 10.4. The van der Waals surface area contributed by atoms with Crippen LogP contribution in [0.1, 0.15) is 33.1 Å². The van der Waals surface area contributed by atoms with Crippen LogP contribution in [0.4, 0.5) is 4.79 Å². The van der Waals surface area contributed by atoms with E-state index in [1.54, 1.807) is 0 Å². The molecule has 0 aromatic rings. The van der Waals surface area contributed by atoms with Gasteiger partial charge in [-0.15, -0.1) is 0 Å². The maximum atomic E-state index is 11.2. The van der Waals surface area contributed by atoms with Gasteiger partial charge in [0.15, 0.2) is 0 Å². The lowest BCUT2D eigenvalue weighted by atomic mass is 9.99. The molecule has 2 atom stereocenters. The Balaban J connectivity index is 2.25. The van der Waals surface area contributed by atoms with Crippen LogP contribution in [0.2, 0.25) is 0 Å². The third-order valence-corrected chi connectivity index (χ3v) is 2.65. The minimum absolute atomic E-state index is 0.0626. The van der Waals surface area contributed by atoms with Crippen molar-refractivity contribution in [3.63, 3.8) is 0 Å². The van der Waals surface area contributed by atoms with Gasteiger partial charge in [0, 0.05) is 18.6 Å². The average molecular weight is 199 g/mol. The molecule has 1 fully saturated rings. The maximum Gasteiger partial charge on any atom is 0.315 e. The van der Waals surface area contributed by atoms with E-state index in [-0.39, 0.29) is 12.1 Å². The molecule has 0 saturated carbocycles. The Labute approximate surface area is 85.8 Å². The predicted molar refractivity (Wildman–Crippen MR) is 57.3 cm³/mol. The van der Waals surface area contributed by atoms with Crippen LogP contribution >= 0.6 is 0 Å².